The van der Waals surface area contributed by atoms with Crippen LogP contribution in [-0.4, -0.2) is 9.13 Å². The Morgan fingerprint density at radius 2 is 0.625 bits per heavy atom. The number of hydrogen-bond donors (Lipinski definition) is 0. The third-order valence-electron chi connectivity index (χ3n) is 5.54. The van der Waals surface area contributed by atoms with Gasteiger partial charge in [-0.15, -0.1) is 0 Å². The minimum Gasteiger partial charge on any atom is -0.318 e. The van der Waals surface area contributed by atoms with Gasteiger partial charge in [0, 0.05) is 22.8 Å². The summed E-state index contributed by atoms with van der Waals surface area (Å²) in [5.41, 5.74) is 13.3. The fourth-order valence-corrected chi connectivity index (χ4v) is 3.99. The zero-order valence-corrected chi connectivity index (χ0v) is 16.2. The van der Waals surface area contributed by atoms with E-state index in [9.17, 15) is 0 Å². The van der Waals surface area contributed by atoms with Crippen LogP contribution >= 0.6 is 0 Å². The lowest BCUT2D eigenvalue weighted by Gasteiger charge is -2.25. The normalized spacial score (nSPS) is 11.3. The van der Waals surface area contributed by atoms with Crippen molar-refractivity contribution in [2.75, 3.05) is 0 Å². The van der Waals surface area contributed by atoms with Gasteiger partial charge >= 0.3 is 0 Å². The average Bonchev–Trinajstić information content (AvgIpc) is 3.03. The van der Waals surface area contributed by atoms with Gasteiger partial charge in [-0.05, 0) is 102 Å². The maximum Gasteiger partial charge on any atom is 0.0520 e. The van der Waals surface area contributed by atoms with Crippen LogP contribution in [0.4, 0.5) is 0 Å². The summed E-state index contributed by atoms with van der Waals surface area (Å²) in [6.07, 6.45) is 0. The topological polar surface area (TPSA) is 9.86 Å². The van der Waals surface area contributed by atoms with Gasteiger partial charge in [-0.3, -0.25) is 0 Å². The van der Waals surface area contributed by atoms with Crippen molar-refractivity contribution < 1.29 is 0 Å². The van der Waals surface area contributed by atoms with Gasteiger partial charge in [0.1, 0.15) is 0 Å². The Morgan fingerprint density at radius 1 is 0.417 bits per heavy atom. The first-order valence-electron chi connectivity index (χ1n) is 8.66. The molecule has 0 saturated carbocycles. The van der Waals surface area contributed by atoms with Gasteiger partial charge in [0.2, 0.25) is 0 Å². The lowest BCUT2D eigenvalue weighted by atomic mass is 9.95. The van der Waals surface area contributed by atoms with Gasteiger partial charge in [0.15, 0.2) is 0 Å². The van der Waals surface area contributed by atoms with Gasteiger partial charge in [0.05, 0.1) is 11.4 Å². The fraction of sp³-hybridized carbons (Fsp3) is 0.364. The molecule has 2 nitrogen and oxygen atoms in total. The van der Waals surface area contributed by atoms with Crippen molar-refractivity contribution in [3.63, 3.8) is 0 Å². The highest BCUT2D eigenvalue weighted by molar-refractivity contribution is 5.65. The number of rotatable bonds is 2. The molecule has 24 heavy (non-hydrogen) atoms. The standard InChI is InChI=1S/C22H28N2/c1-13-9-10-14(2)23(13)21-17(5)19(7)22(20(8)18(21)6)24-15(3)11-12-16(24)4/h9-12H,1-8H3. The Kier molecular flexibility index (Phi) is 3.95. The van der Waals surface area contributed by atoms with Gasteiger partial charge in [-0.2, -0.15) is 0 Å². The van der Waals surface area contributed by atoms with Gasteiger partial charge in [-0.25, -0.2) is 0 Å². The lowest BCUT2D eigenvalue weighted by molar-refractivity contribution is 0.904. The summed E-state index contributed by atoms with van der Waals surface area (Å²) >= 11 is 0. The largest absolute Gasteiger partial charge is 0.318 e. The fourth-order valence-electron chi connectivity index (χ4n) is 3.99. The molecule has 0 unspecified atom stereocenters. The molecule has 3 rings (SSSR count). The summed E-state index contributed by atoms with van der Waals surface area (Å²) in [6.45, 7) is 17.8. The molecule has 0 spiro atoms. The highest BCUT2D eigenvalue weighted by Crippen LogP contribution is 2.34. The highest BCUT2D eigenvalue weighted by atomic mass is 15.0. The number of benzene rings is 1. The van der Waals surface area contributed by atoms with E-state index >= 15 is 0 Å². The molecule has 0 saturated heterocycles. The third kappa shape index (κ3) is 2.24. The molecule has 0 N–H and O–H groups in total. The van der Waals surface area contributed by atoms with Crippen LogP contribution in [0.3, 0.4) is 0 Å². The summed E-state index contributed by atoms with van der Waals surface area (Å²) in [7, 11) is 0. The Balaban J connectivity index is 2.40. The van der Waals surface area contributed by atoms with Gasteiger partial charge in [-0.1, -0.05) is 0 Å². The number of aromatic nitrogens is 2. The zero-order valence-electron chi connectivity index (χ0n) is 16.2. The van der Waals surface area contributed by atoms with Crippen molar-refractivity contribution >= 4 is 0 Å². The van der Waals surface area contributed by atoms with E-state index in [1.165, 1.54) is 56.4 Å². The molecule has 1 aromatic carbocycles. The molecule has 2 aromatic heterocycles. The first-order chi connectivity index (χ1) is 11.3. The number of aryl methyl sites for hydroxylation is 4. The van der Waals surface area contributed by atoms with Crippen molar-refractivity contribution in [2.24, 2.45) is 0 Å². The maximum atomic E-state index is 2.39. The van der Waals surface area contributed by atoms with E-state index in [0.29, 0.717) is 0 Å². The van der Waals surface area contributed by atoms with Crippen LogP contribution < -0.4 is 0 Å². The van der Waals surface area contributed by atoms with Crippen LogP contribution in [0.15, 0.2) is 24.3 Å². The lowest BCUT2D eigenvalue weighted by Crippen LogP contribution is -2.12. The summed E-state index contributed by atoms with van der Waals surface area (Å²) < 4.78 is 4.79. The minimum atomic E-state index is 1.29. The predicted octanol–water partition coefficient (Wildman–Crippen LogP) is 5.74. The summed E-state index contributed by atoms with van der Waals surface area (Å²) in [4.78, 5) is 0. The quantitative estimate of drug-likeness (QED) is 0.570. The second kappa shape index (κ2) is 5.70. The van der Waals surface area contributed by atoms with E-state index in [4.69, 9.17) is 0 Å². The van der Waals surface area contributed by atoms with Crippen molar-refractivity contribution in [1.29, 1.82) is 0 Å². The van der Waals surface area contributed by atoms with Crippen molar-refractivity contribution in [2.45, 2.75) is 55.4 Å². The van der Waals surface area contributed by atoms with E-state index in [0.717, 1.165) is 0 Å². The maximum absolute atomic E-state index is 2.39. The van der Waals surface area contributed by atoms with E-state index in [-0.39, 0.29) is 0 Å². The Morgan fingerprint density at radius 3 is 0.833 bits per heavy atom. The Bertz CT molecular complexity index is 790. The second-order valence-corrected chi connectivity index (χ2v) is 7.10. The van der Waals surface area contributed by atoms with Crippen LogP contribution in [0, 0.1) is 55.4 Å². The van der Waals surface area contributed by atoms with E-state index in [1.807, 2.05) is 0 Å². The van der Waals surface area contributed by atoms with Crippen LogP contribution in [-0.2, 0) is 0 Å². The molecule has 2 heteroatoms. The molecule has 0 aliphatic carbocycles. The first-order valence-corrected chi connectivity index (χ1v) is 8.66. The van der Waals surface area contributed by atoms with Crippen molar-refractivity contribution in [3.05, 3.63) is 69.3 Å². The molecule has 0 aliphatic heterocycles. The van der Waals surface area contributed by atoms with E-state index < -0.39 is 0 Å². The molecule has 0 amide bonds. The smallest absolute Gasteiger partial charge is 0.0520 e. The van der Waals surface area contributed by atoms with Gasteiger partial charge in [0.25, 0.3) is 0 Å². The van der Waals surface area contributed by atoms with Gasteiger partial charge < -0.3 is 9.13 Å². The molecule has 0 radical (unpaired) electrons. The van der Waals surface area contributed by atoms with Crippen LogP contribution in [0.5, 0.6) is 0 Å². The number of hydrogen-bond acceptors (Lipinski definition) is 0. The SMILES string of the molecule is Cc1c(C)c(-n2c(C)ccc2C)c(C)c(C)c1-n1c(C)ccc1C. The molecule has 126 valence electrons. The van der Waals surface area contributed by atoms with Crippen LogP contribution in [0.2, 0.25) is 0 Å². The van der Waals surface area contributed by atoms with Crippen molar-refractivity contribution in [3.8, 4) is 11.4 Å². The Hall–Kier alpha value is -2.22. The summed E-state index contributed by atoms with van der Waals surface area (Å²) in [6, 6.07) is 8.81. The molecule has 0 fully saturated rings. The van der Waals surface area contributed by atoms with Crippen molar-refractivity contribution in [1.82, 2.24) is 9.13 Å². The molecule has 3 aromatic rings. The van der Waals surface area contributed by atoms with Crippen LogP contribution in [0.1, 0.15) is 45.0 Å². The molecule has 0 atom stereocenters. The van der Waals surface area contributed by atoms with E-state index in [2.05, 4.69) is 88.8 Å². The summed E-state index contributed by atoms with van der Waals surface area (Å²) in [5.74, 6) is 0. The van der Waals surface area contributed by atoms with E-state index in [1.54, 1.807) is 0 Å². The van der Waals surface area contributed by atoms with Crippen LogP contribution in [0.25, 0.3) is 11.4 Å². The molecule has 0 aliphatic rings. The highest BCUT2D eigenvalue weighted by Gasteiger charge is 2.20. The average molecular weight is 320 g/mol. The number of nitrogens with zero attached hydrogens (tertiary/aromatic N) is 2. The monoisotopic (exact) mass is 320 g/mol. The Labute approximate surface area is 145 Å². The predicted molar refractivity (Wildman–Crippen MR) is 103 cm³/mol. The second-order valence-electron chi connectivity index (χ2n) is 7.10. The molecule has 2 heterocycles. The third-order valence-corrected chi connectivity index (χ3v) is 5.54. The zero-order chi connectivity index (χ0) is 17.8. The molecule has 0 bridgehead atoms. The molecular formula is C22H28N2. The summed E-state index contributed by atoms with van der Waals surface area (Å²) in [5, 5.41) is 0. The first kappa shape index (κ1) is 16.6. The minimum absolute atomic E-state index is 1.29. The molecular weight excluding hydrogens is 292 g/mol.